The Morgan fingerprint density at radius 2 is 2.00 bits per heavy atom. The van der Waals surface area contributed by atoms with Crippen molar-refractivity contribution in [2.24, 2.45) is 0 Å². The molecule has 0 aliphatic heterocycles. The molecule has 0 saturated carbocycles. The first-order chi connectivity index (χ1) is 9.51. The molecule has 0 atom stereocenters. The van der Waals surface area contributed by atoms with E-state index in [4.69, 9.17) is 16.7 Å². The highest BCUT2D eigenvalue weighted by molar-refractivity contribution is 6.30. The molecule has 1 rings (SSSR count). The van der Waals surface area contributed by atoms with Crippen molar-refractivity contribution in [1.82, 2.24) is 4.90 Å². The van der Waals surface area contributed by atoms with Gasteiger partial charge in [0.2, 0.25) is 5.91 Å². The summed E-state index contributed by atoms with van der Waals surface area (Å²) in [6.07, 6.45) is 0.406. The molecule has 2 N–H and O–H groups in total. The van der Waals surface area contributed by atoms with Crippen molar-refractivity contribution in [2.45, 2.75) is 19.8 Å². The number of carbonyl (C=O) groups excluding carboxylic acids is 1. The summed E-state index contributed by atoms with van der Waals surface area (Å²) in [5, 5.41) is 12.0. The molecule has 0 saturated heterocycles. The van der Waals surface area contributed by atoms with Crippen LogP contribution in [0.2, 0.25) is 5.02 Å². The van der Waals surface area contributed by atoms with Crippen LogP contribution in [0.3, 0.4) is 0 Å². The first-order valence-corrected chi connectivity index (χ1v) is 6.88. The summed E-state index contributed by atoms with van der Waals surface area (Å²) in [5.74, 6) is -0.937. The molecule has 0 fully saturated rings. The highest BCUT2D eigenvalue weighted by Gasteiger charge is 2.09. The van der Waals surface area contributed by atoms with Gasteiger partial charge in [0.25, 0.3) is 0 Å². The second-order valence-electron chi connectivity index (χ2n) is 4.39. The lowest BCUT2D eigenvalue weighted by Gasteiger charge is -2.18. The molecule has 110 valence electrons. The van der Waals surface area contributed by atoms with Gasteiger partial charge in [-0.3, -0.25) is 9.59 Å². The summed E-state index contributed by atoms with van der Waals surface area (Å²) >= 11 is 5.83. The average Bonchev–Trinajstić information content (AvgIpc) is 2.38. The Morgan fingerprint density at radius 3 is 2.60 bits per heavy atom. The van der Waals surface area contributed by atoms with Crippen LogP contribution >= 0.6 is 11.6 Å². The summed E-state index contributed by atoms with van der Waals surface area (Å²) in [7, 11) is 0. The quantitative estimate of drug-likeness (QED) is 0.773. The fourth-order valence-electron chi connectivity index (χ4n) is 1.73. The molecule has 1 aromatic rings. The lowest BCUT2D eigenvalue weighted by atomic mass is 10.3. The van der Waals surface area contributed by atoms with E-state index >= 15 is 0 Å². The summed E-state index contributed by atoms with van der Waals surface area (Å²) in [6.45, 7) is 3.65. The van der Waals surface area contributed by atoms with E-state index in [0.29, 0.717) is 30.2 Å². The van der Waals surface area contributed by atoms with Gasteiger partial charge < -0.3 is 15.3 Å². The largest absolute Gasteiger partial charge is 0.481 e. The molecule has 20 heavy (non-hydrogen) atoms. The molecule has 6 heteroatoms. The maximum absolute atomic E-state index is 11.8. The third kappa shape index (κ3) is 6.54. The van der Waals surface area contributed by atoms with Gasteiger partial charge in [0.15, 0.2) is 0 Å². The number of halogens is 1. The standard InChI is InChI=1S/C14H19ClN2O3/c1-2-17(9-7-14(19)20)8-6-13(18)16-12-5-3-4-11(15)10-12/h3-5,10H,2,6-9H2,1H3,(H,16,18)(H,19,20). The van der Waals surface area contributed by atoms with Crippen LogP contribution in [-0.4, -0.2) is 41.5 Å². The number of hydrogen-bond acceptors (Lipinski definition) is 3. The molecule has 1 aromatic carbocycles. The van der Waals surface area contributed by atoms with Crippen LogP contribution in [-0.2, 0) is 9.59 Å². The first kappa shape index (κ1) is 16.5. The highest BCUT2D eigenvalue weighted by atomic mass is 35.5. The Morgan fingerprint density at radius 1 is 1.30 bits per heavy atom. The van der Waals surface area contributed by atoms with E-state index in [2.05, 4.69) is 5.32 Å². The van der Waals surface area contributed by atoms with E-state index < -0.39 is 5.97 Å². The summed E-state index contributed by atoms with van der Waals surface area (Å²) in [6, 6.07) is 6.96. The Kier molecular flexibility index (Phi) is 7.04. The van der Waals surface area contributed by atoms with Crippen molar-refractivity contribution < 1.29 is 14.7 Å². The number of amides is 1. The number of rotatable bonds is 8. The molecule has 0 aliphatic rings. The van der Waals surface area contributed by atoms with E-state index in [-0.39, 0.29) is 12.3 Å². The van der Waals surface area contributed by atoms with Gasteiger partial charge in [0, 0.05) is 30.2 Å². The monoisotopic (exact) mass is 298 g/mol. The number of carbonyl (C=O) groups is 2. The second-order valence-corrected chi connectivity index (χ2v) is 4.82. The van der Waals surface area contributed by atoms with Crippen LogP contribution in [0.15, 0.2) is 24.3 Å². The van der Waals surface area contributed by atoms with Gasteiger partial charge in [-0.15, -0.1) is 0 Å². The van der Waals surface area contributed by atoms with Gasteiger partial charge in [-0.1, -0.05) is 24.6 Å². The number of benzene rings is 1. The molecule has 0 heterocycles. The van der Waals surface area contributed by atoms with E-state index in [1.165, 1.54) is 0 Å². The second kappa shape index (κ2) is 8.55. The lowest BCUT2D eigenvalue weighted by Crippen LogP contribution is -2.29. The van der Waals surface area contributed by atoms with Crippen LogP contribution in [0, 0.1) is 0 Å². The Bertz CT molecular complexity index is 465. The van der Waals surface area contributed by atoms with Crippen LogP contribution in [0.1, 0.15) is 19.8 Å². The fraction of sp³-hybridized carbons (Fsp3) is 0.429. The zero-order chi connectivity index (χ0) is 15.0. The van der Waals surface area contributed by atoms with Gasteiger partial charge in [-0.05, 0) is 24.7 Å². The van der Waals surface area contributed by atoms with Gasteiger partial charge in [0.1, 0.15) is 0 Å². The summed E-state index contributed by atoms with van der Waals surface area (Å²) in [4.78, 5) is 24.2. The molecule has 0 unspecified atom stereocenters. The molecular formula is C14H19ClN2O3. The highest BCUT2D eigenvalue weighted by Crippen LogP contribution is 2.15. The molecule has 0 spiro atoms. The van der Waals surface area contributed by atoms with Gasteiger partial charge >= 0.3 is 5.97 Å². The third-order valence-electron chi connectivity index (χ3n) is 2.85. The maximum atomic E-state index is 11.8. The normalized spacial score (nSPS) is 10.6. The van der Waals surface area contributed by atoms with Crippen LogP contribution in [0.4, 0.5) is 5.69 Å². The van der Waals surface area contributed by atoms with Crippen molar-refractivity contribution in [3.8, 4) is 0 Å². The van der Waals surface area contributed by atoms with Crippen molar-refractivity contribution in [3.63, 3.8) is 0 Å². The van der Waals surface area contributed by atoms with E-state index in [0.717, 1.165) is 6.54 Å². The number of carboxylic acid groups (broad SMARTS) is 1. The minimum atomic E-state index is -0.827. The Labute approximate surface area is 123 Å². The molecule has 0 aliphatic carbocycles. The third-order valence-corrected chi connectivity index (χ3v) is 3.09. The molecule has 0 bridgehead atoms. The number of hydrogen-bond donors (Lipinski definition) is 2. The SMILES string of the molecule is CCN(CCC(=O)O)CCC(=O)Nc1cccc(Cl)c1. The average molecular weight is 299 g/mol. The molecule has 0 radical (unpaired) electrons. The van der Waals surface area contributed by atoms with Gasteiger partial charge in [-0.2, -0.15) is 0 Å². The lowest BCUT2D eigenvalue weighted by molar-refractivity contribution is -0.137. The predicted octanol–water partition coefficient (Wildman–Crippen LogP) is 2.47. The zero-order valence-electron chi connectivity index (χ0n) is 11.4. The fourth-order valence-corrected chi connectivity index (χ4v) is 1.92. The van der Waals surface area contributed by atoms with Crippen LogP contribution < -0.4 is 5.32 Å². The maximum Gasteiger partial charge on any atom is 0.304 e. The van der Waals surface area contributed by atoms with Crippen molar-refractivity contribution >= 4 is 29.2 Å². The Balaban J connectivity index is 2.36. The van der Waals surface area contributed by atoms with Crippen molar-refractivity contribution in [2.75, 3.05) is 25.0 Å². The van der Waals surface area contributed by atoms with Crippen molar-refractivity contribution in [1.29, 1.82) is 0 Å². The molecule has 0 aromatic heterocycles. The van der Waals surface area contributed by atoms with Gasteiger partial charge in [-0.25, -0.2) is 0 Å². The number of anilines is 1. The smallest absolute Gasteiger partial charge is 0.304 e. The molecular weight excluding hydrogens is 280 g/mol. The van der Waals surface area contributed by atoms with E-state index in [1.54, 1.807) is 24.3 Å². The zero-order valence-corrected chi connectivity index (χ0v) is 12.2. The van der Waals surface area contributed by atoms with E-state index in [1.807, 2.05) is 11.8 Å². The molecule has 5 nitrogen and oxygen atoms in total. The van der Waals surface area contributed by atoms with Crippen LogP contribution in [0.5, 0.6) is 0 Å². The van der Waals surface area contributed by atoms with Crippen LogP contribution in [0.25, 0.3) is 0 Å². The summed E-state index contributed by atoms with van der Waals surface area (Å²) < 4.78 is 0. The minimum Gasteiger partial charge on any atom is -0.481 e. The molecule has 1 amide bonds. The number of aliphatic carboxylic acids is 1. The predicted molar refractivity (Wildman–Crippen MR) is 79.1 cm³/mol. The first-order valence-electron chi connectivity index (χ1n) is 6.51. The van der Waals surface area contributed by atoms with Gasteiger partial charge in [0.05, 0.1) is 6.42 Å². The number of nitrogens with zero attached hydrogens (tertiary/aromatic N) is 1. The Hall–Kier alpha value is -1.59. The number of nitrogens with one attached hydrogen (secondary N) is 1. The van der Waals surface area contributed by atoms with Crippen molar-refractivity contribution in [3.05, 3.63) is 29.3 Å². The van der Waals surface area contributed by atoms with E-state index in [9.17, 15) is 9.59 Å². The topological polar surface area (TPSA) is 69.6 Å². The number of carboxylic acids is 1. The minimum absolute atomic E-state index is 0.0871. The summed E-state index contributed by atoms with van der Waals surface area (Å²) in [5.41, 5.74) is 0.663.